The second-order valence-electron chi connectivity index (χ2n) is 5.66. The van der Waals surface area contributed by atoms with E-state index in [1.807, 2.05) is 6.92 Å². The Bertz CT molecular complexity index is 359. The number of carbonyl (C=O) groups is 1. The molecule has 0 aromatic heterocycles. The fourth-order valence-electron chi connectivity index (χ4n) is 3.16. The van der Waals surface area contributed by atoms with E-state index < -0.39 is 0 Å². The van der Waals surface area contributed by atoms with Crippen molar-refractivity contribution in [2.45, 2.75) is 46.1 Å². The molecule has 0 amide bonds. The van der Waals surface area contributed by atoms with E-state index in [4.69, 9.17) is 4.74 Å². The highest BCUT2D eigenvalue weighted by atomic mass is 16.5. The lowest BCUT2D eigenvalue weighted by atomic mass is 9.96. The lowest BCUT2D eigenvalue weighted by molar-refractivity contribution is -0.147. The maximum absolute atomic E-state index is 12.0. The first-order chi connectivity index (χ1) is 9.13. The summed E-state index contributed by atoms with van der Waals surface area (Å²) >= 11 is 0. The van der Waals surface area contributed by atoms with E-state index in [1.54, 1.807) is 0 Å². The Hall–Kier alpha value is -1.03. The molecule has 2 atom stereocenters. The van der Waals surface area contributed by atoms with Crippen molar-refractivity contribution in [2.75, 3.05) is 26.2 Å². The van der Waals surface area contributed by atoms with E-state index >= 15 is 0 Å². The number of likely N-dealkylation sites (tertiary alicyclic amines) is 1. The normalized spacial score (nSPS) is 28.4. The molecule has 4 nitrogen and oxygen atoms in total. The molecule has 0 unspecified atom stereocenters. The molecule has 2 heterocycles. The van der Waals surface area contributed by atoms with Crippen LogP contribution in [-0.4, -0.2) is 43.2 Å². The molecule has 2 rings (SSSR count). The molecule has 0 aliphatic carbocycles. The van der Waals surface area contributed by atoms with Crippen LogP contribution in [0, 0.1) is 5.92 Å². The highest BCUT2D eigenvalue weighted by molar-refractivity contribution is 5.77. The molecule has 108 valence electrons. The highest BCUT2D eigenvalue weighted by Gasteiger charge is 2.35. The molecule has 0 aromatic rings. The SMILES string of the molecule is CCOC(=O)[C@@H]1C(C)=C(CN2CCCCC2)N[C@H]1C. The monoisotopic (exact) mass is 266 g/mol. The van der Waals surface area contributed by atoms with Crippen molar-refractivity contribution in [3.05, 3.63) is 11.3 Å². The average Bonchev–Trinajstić information content (AvgIpc) is 2.66. The van der Waals surface area contributed by atoms with Crippen LogP contribution in [-0.2, 0) is 9.53 Å². The minimum absolute atomic E-state index is 0.0892. The number of ether oxygens (including phenoxy) is 1. The minimum atomic E-state index is -0.111. The molecule has 1 N–H and O–H groups in total. The maximum atomic E-state index is 12.0. The molecule has 1 saturated heterocycles. The quantitative estimate of drug-likeness (QED) is 0.789. The van der Waals surface area contributed by atoms with Crippen LogP contribution in [0.3, 0.4) is 0 Å². The van der Waals surface area contributed by atoms with Crippen LogP contribution >= 0.6 is 0 Å². The first-order valence-corrected chi connectivity index (χ1v) is 7.48. The molecule has 0 spiro atoms. The zero-order chi connectivity index (χ0) is 13.8. The van der Waals surface area contributed by atoms with Crippen LogP contribution in [0.5, 0.6) is 0 Å². The van der Waals surface area contributed by atoms with Crippen molar-refractivity contribution in [3.63, 3.8) is 0 Å². The number of hydrogen-bond donors (Lipinski definition) is 1. The summed E-state index contributed by atoms with van der Waals surface area (Å²) < 4.78 is 5.18. The number of rotatable bonds is 4. The van der Waals surface area contributed by atoms with Gasteiger partial charge in [0.2, 0.25) is 0 Å². The van der Waals surface area contributed by atoms with Gasteiger partial charge in [-0.25, -0.2) is 0 Å². The zero-order valence-electron chi connectivity index (χ0n) is 12.4. The smallest absolute Gasteiger partial charge is 0.315 e. The number of carbonyl (C=O) groups excluding carboxylic acids is 1. The molecular formula is C15H26N2O2. The van der Waals surface area contributed by atoms with Crippen LogP contribution < -0.4 is 5.32 Å². The van der Waals surface area contributed by atoms with Crippen LogP contribution in [0.4, 0.5) is 0 Å². The van der Waals surface area contributed by atoms with E-state index in [9.17, 15) is 4.79 Å². The van der Waals surface area contributed by atoms with Gasteiger partial charge in [-0.05, 0) is 52.3 Å². The second kappa shape index (κ2) is 6.42. The lowest BCUT2D eigenvalue weighted by Crippen LogP contribution is -2.36. The third-order valence-electron chi connectivity index (χ3n) is 4.22. The first-order valence-electron chi connectivity index (χ1n) is 7.48. The average molecular weight is 266 g/mol. The fraction of sp³-hybridized carbons (Fsp3) is 0.800. The number of nitrogens with one attached hydrogen (secondary N) is 1. The van der Waals surface area contributed by atoms with Crippen LogP contribution in [0.15, 0.2) is 11.3 Å². The summed E-state index contributed by atoms with van der Waals surface area (Å²) in [5, 5.41) is 3.48. The molecule has 19 heavy (non-hydrogen) atoms. The Morgan fingerprint density at radius 2 is 2.05 bits per heavy atom. The Morgan fingerprint density at radius 3 is 2.68 bits per heavy atom. The molecule has 0 aromatic carbocycles. The summed E-state index contributed by atoms with van der Waals surface area (Å²) in [6.07, 6.45) is 3.94. The van der Waals surface area contributed by atoms with Gasteiger partial charge in [-0.2, -0.15) is 0 Å². The number of esters is 1. The second-order valence-corrected chi connectivity index (χ2v) is 5.66. The van der Waals surface area contributed by atoms with Gasteiger partial charge >= 0.3 is 5.97 Å². The molecule has 4 heteroatoms. The maximum Gasteiger partial charge on any atom is 0.315 e. The van der Waals surface area contributed by atoms with E-state index in [-0.39, 0.29) is 17.9 Å². The molecular weight excluding hydrogens is 240 g/mol. The Balaban J connectivity index is 2.01. The summed E-state index contributed by atoms with van der Waals surface area (Å²) in [4.78, 5) is 14.5. The van der Waals surface area contributed by atoms with Crippen LogP contribution in [0.1, 0.15) is 40.0 Å². The van der Waals surface area contributed by atoms with Crippen LogP contribution in [0.2, 0.25) is 0 Å². The number of piperidine rings is 1. The third-order valence-corrected chi connectivity index (χ3v) is 4.22. The fourth-order valence-corrected chi connectivity index (χ4v) is 3.16. The van der Waals surface area contributed by atoms with E-state index in [1.165, 1.54) is 38.0 Å². The summed E-state index contributed by atoms with van der Waals surface area (Å²) in [6, 6.07) is 0.152. The Morgan fingerprint density at radius 1 is 1.37 bits per heavy atom. The third kappa shape index (κ3) is 3.30. The van der Waals surface area contributed by atoms with Crippen molar-refractivity contribution < 1.29 is 9.53 Å². The Labute approximate surface area is 116 Å². The summed E-state index contributed by atoms with van der Waals surface area (Å²) in [7, 11) is 0. The Kier molecular flexibility index (Phi) is 4.86. The summed E-state index contributed by atoms with van der Waals surface area (Å²) in [6.45, 7) is 9.75. The summed E-state index contributed by atoms with van der Waals surface area (Å²) in [5.41, 5.74) is 2.39. The predicted molar refractivity (Wildman–Crippen MR) is 75.7 cm³/mol. The lowest BCUT2D eigenvalue weighted by Gasteiger charge is -2.27. The molecule has 2 aliphatic heterocycles. The van der Waals surface area contributed by atoms with E-state index in [0.29, 0.717) is 6.61 Å². The molecule has 2 aliphatic rings. The van der Waals surface area contributed by atoms with E-state index in [0.717, 1.165) is 12.1 Å². The minimum Gasteiger partial charge on any atom is -0.465 e. The first kappa shape index (κ1) is 14.4. The number of nitrogens with zero attached hydrogens (tertiary/aromatic N) is 1. The molecule has 0 radical (unpaired) electrons. The molecule has 0 saturated carbocycles. The van der Waals surface area contributed by atoms with Gasteiger partial charge in [-0.1, -0.05) is 6.42 Å². The predicted octanol–water partition coefficient (Wildman–Crippen LogP) is 1.92. The van der Waals surface area contributed by atoms with Gasteiger partial charge in [0, 0.05) is 18.3 Å². The van der Waals surface area contributed by atoms with Crippen LogP contribution in [0.25, 0.3) is 0 Å². The van der Waals surface area contributed by atoms with Gasteiger partial charge in [0.1, 0.15) is 0 Å². The van der Waals surface area contributed by atoms with Gasteiger partial charge in [0.05, 0.1) is 12.5 Å². The van der Waals surface area contributed by atoms with Gasteiger partial charge < -0.3 is 10.1 Å². The molecule has 1 fully saturated rings. The van der Waals surface area contributed by atoms with Crippen molar-refractivity contribution in [1.82, 2.24) is 10.2 Å². The zero-order valence-corrected chi connectivity index (χ0v) is 12.4. The standard InChI is InChI=1S/C15H26N2O2/c1-4-19-15(18)14-11(2)13(16-12(14)3)10-17-8-6-5-7-9-17/h12,14,16H,4-10H2,1-3H3/t12-,14+/m0/s1. The highest BCUT2D eigenvalue weighted by Crippen LogP contribution is 2.27. The summed E-state index contributed by atoms with van der Waals surface area (Å²) in [5.74, 6) is -0.201. The van der Waals surface area contributed by atoms with Crippen molar-refractivity contribution in [3.8, 4) is 0 Å². The van der Waals surface area contributed by atoms with Gasteiger partial charge in [0.15, 0.2) is 0 Å². The van der Waals surface area contributed by atoms with Gasteiger partial charge in [0.25, 0.3) is 0 Å². The number of hydrogen-bond acceptors (Lipinski definition) is 4. The largest absolute Gasteiger partial charge is 0.465 e. The topological polar surface area (TPSA) is 41.6 Å². The van der Waals surface area contributed by atoms with Crippen molar-refractivity contribution in [1.29, 1.82) is 0 Å². The van der Waals surface area contributed by atoms with Crippen molar-refractivity contribution >= 4 is 5.97 Å². The van der Waals surface area contributed by atoms with Gasteiger partial charge in [-0.3, -0.25) is 9.69 Å². The van der Waals surface area contributed by atoms with Crippen molar-refractivity contribution in [2.24, 2.45) is 5.92 Å². The van der Waals surface area contributed by atoms with E-state index in [2.05, 4.69) is 24.1 Å². The van der Waals surface area contributed by atoms with Gasteiger partial charge in [-0.15, -0.1) is 0 Å². The molecule has 0 bridgehead atoms.